The predicted octanol–water partition coefficient (Wildman–Crippen LogP) is -0.336. The van der Waals surface area contributed by atoms with Crippen molar-refractivity contribution in [2.75, 3.05) is 0 Å². The first-order chi connectivity index (χ1) is 8.25. The molecule has 0 spiro atoms. The van der Waals surface area contributed by atoms with Crippen molar-refractivity contribution in [2.45, 2.75) is 18.3 Å². The van der Waals surface area contributed by atoms with Crippen LogP contribution in [0, 0.1) is 12.2 Å². The van der Waals surface area contributed by atoms with Gasteiger partial charge in [-0.2, -0.15) is 25.3 Å². The van der Waals surface area contributed by atoms with Gasteiger partial charge in [0.1, 0.15) is 0 Å². The molecule has 0 amide bonds. The smallest absolute Gasteiger partial charge is 1.00 e. The van der Waals surface area contributed by atoms with Crippen LogP contribution in [0.5, 0.6) is 0 Å². The summed E-state index contributed by atoms with van der Waals surface area (Å²) in [7, 11) is -6.09. The van der Waals surface area contributed by atoms with E-state index in [0.717, 1.165) is 12.8 Å². The second kappa shape index (κ2) is 12.6. The minimum absolute atomic E-state index is 0. The summed E-state index contributed by atoms with van der Waals surface area (Å²) in [6.07, 6.45) is 20.0. The SMILES string of the molecule is O=S(=O)([O-])C(F)(F)F.[C-]1=CC=CC1.[C-]1=CC=CC1.[Cl-].[Zr+4]. The van der Waals surface area contributed by atoms with Gasteiger partial charge >= 0.3 is 31.7 Å². The first-order valence-corrected chi connectivity index (χ1v) is 6.11. The number of rotatable bonds is 0. The summed E-state index contributed by atoms with van der Waals surface area (Å²) >= 11 is 0. The van der Waals surface area contributed by atoms with Crippen LogP contribution in [0.25, 0.3) is 0 Å². The molecule has 0 unspecified atom stereocenters. The maximum atomic E-state index is 10.7. The van der Waals surface area contributed by atoms with Crippen LogP contribution < -0.4 is 12.4 Å². The predicted molar refractivity (Wildman–Crippen MR) is 58.9 cm³/mol. The third kappa shape index (κ3) is 14.2. The van der Waals surface area contributed by atoms with Crippen molar-refractivity contribution < 1.29 is 64.8 Å². The van der Waals surface area contributed by atoms with Crippen molar-refractivity contribution in [1.29, 1.82) is 0 Å². The molecule has 0 aromatic carbocycles. The Morgan fingerprint density at radius 2 is 1.30 bits per heavy atom. The number of hydrogen-bond acceptors (Lipinski definition) is 3. The molecule has 0 N–H and O–H groups in total. The summed E-state index contributed by atoms with van der Waals surface area (Å²) in [5, 5.41) is 0. The molecule has 2 aliphatic rings. The Balaban J connectivity index is -0.000000212. The normalized spacial score (nSPS) is 14.4. The zero-order chi connectivity index (χ0) is 14.1. The van der Waals surface area contributed by atoms with Crippen molar-refractivity contribution in [3.05, 3.63) is 48.6 Å². The van der Waals surface area contributed by atoms with E-state index in [1.54, 1.807) is 0 Å². The summed E-state index contributed by atoms with van der Waals surface area (Å²) in [6.45, 7) is 0. The van der Waals surface area contributed by atoms with E-state index in [1.807, 2.05) is 24.3 Å². The molecule has 0 saturated carbocycles. The second-order valence-corrected chi connectivity index (χ2v) is 4.28. The van der Waals surface area contributed by atoms with Gasteiger partial charge < -0.3 is 17.0 Å². The van der Waals surface area contributed by atoms with Gasteiger partial charge in [-0.1, -0.05) is 0 Å². The maximum Gasteiger partial charge on any atom is 4.00 e. The molecule has 0 aliphatic heterocycles. The molecule has 0 bridgehead atoms. The summed E-state index contributed by atoms with van der Waals surface area (Å²) in [4.78, 5) is 0. The van der Waals surface area contributed by atoms with E-state index in [9.17, 15) is 13.2 Å². The summed E-state index contributed by atoms with van der Waals surface area (Å²) < 4.78 is 58.9. The average molecular weight is 406 g/mol. The van der Waals surface area contributed by atoms with E-state index < -0.39 is 15.6 Å². The molecule has 0 aromatic rings. The fourth-order valence-corrected chi connectivity index (χ4v) is 0.680. The Bertz CT molecular complexity index is 412. The van der Waals surface area contributed by atoms with E-state index in [-0.39, 0.29) is 38.6 Å². The Kier molecular flexibility index (Phi) is 15.6. The molecule has 2 rings (SSSR count). The third-order valence-electron chi connectivity index (χ3n) is 1.46. The Labute approximate surface area is 141 Å². The third-order valence-corrected chi connectivity index (χ3v) is 2.02. The van der Waals surface area contributed by atoms with Crippen LogP contribution in [0.2, 0.25) is 0 Å². The van der Waals surface area contributed by atoms with Crippen molar-refractivity contribution in [1.82, 2.24) is 0 Å². The minimum atomic E-state index is -6.09. The molecular formula is C11H10ClF3O3SZr. The van der Waals surface area contributed by atoms with Crippen molar-refractivity contribution >= 4 is 10.1 Å². The van der Waals surface area contributed by atoms with Gasteiger partial charge in [0, 0.05) is 0 Å². The van der Waals surface area contributed by atoms with Crippen molar-refractivity contribution in [3.8, 4) is 0 Å². The molecular weight excluding hydrogens is 396 g/mol. The van der Waals surface area contributed by atoms with Crippen LogP contribution >= 0.6 is 0 Å². The van der Waals surface area contributed by atoms with Gasteiger partial charge in [-0.3, -0.25) is 12.2 Å². The maximum absolute atomic E-state index is 10.7. The molecule has 0 atom stereocenters. The summed E-state index contributed by atoms with van der Waals surface area (Å²) in [5.41, 5.74) is -5.65. The number of halogens is 4. The monoisotopic (exact) mass is 404 g/mol. The molecule has 20 heavy (non-hydrogen) atoms. The molecule has 3 nitrogen and oxygen atoms in total. The van der Waals surface area contributed by atoms with E-state index in [0.29, 0.717) is 0 Å². The van der Waals surface area contributed by atoms with Gasteiger partial charge in [-0.25, -0.2) is 32.7 Å². The Morgan fingerprint density at radius 3 is 1.35 bits per heavy atom. The van der Waals surface area contributed by atoms with Gasteiger partial charge in [0.25, 0.3) is 0 Å². The standard InChI is InChI=1S/2C5H5.CHF3O3S.ClH.Zr/c2*1-2-4-5-3-1;2-1(3,4)8(5,6)7;;/h2*1-3H,4H2;(H,5,6,7);1H;/q2*-1;;;+4/p-2. The first-order valence-electron chi connectivity index (χ1n) is 4.71. The molecule has 0 saturated heterocycles. The molecule has 0 fully saturated rings. The Morgan fingerprint density at radius 1 is 1.00 bits per heavy atom. The fourth-order valence-electron chi connectivity index (χ4n) is 0.680. The zero-order valence-corrected chi connectivity index (χ0v) is 14.1. The summed E-state index contributed by atoms with van der Waals surface area (Å²) in [5.74, 6) is 0. The fraction of sp³-hybridized carbons (Fsp3) is 0.273. The van der Waals surface area contributed by atoms with Gasteiger partial charge in [-0.05, 0) is 0 Å². The van der Waals surface area contributed by atoms with E-state index in [4.69, 9.17) is 13.0 Å². The number of hydrogen-bond donors (Lipinski definition) is 0. The van der Waals surface area contributed by atoms with Crippen LogP contribution in [-0.4, -0.2) is 18.5 Å². The molecule has 110 valence electrons. The molecule has 0 aromatic heterocycles. The van der Waals surface area contributed by atoms with Gasteiger partial charge in [0.05, 0.1) is 0 Å². The number of allylic oxidation sites excluding steroid dienone is 8. The second-order valence-electron chi connectivity index (χ2n) is 2.91. The largest absolute Gasteiger partial charge is 4.00 e. The molecule has 2 aliphatic carbocycles. The van der Waals surface area contributed by atoms with Crippen LogP contribution in [0.4, 0.5) is 13.2 Å². The molecule has 0 heterocycles. The van der Waals surface area contributed by atoms with E-state index in [1.165, 1.54) is 0 Å². The van der Waals surface area contributed by atoms with Crippen LogP contribution in [0.3, 0.4) is 0 Å². The van der Waals surface area contributed by atoms with Crippen LogP contribution in [0.15, 0.2) is 36.5 Å². The summed E-state index contributed by atoms with van der Waals surface area (Å²) in [6, 6.07) is 0. The van der Waals surface area contributed by atoms with Crippen molar-refractivity contribution in [3.63, 3.8) is 0 Å². The van der Waals surface area contributed by atoms with E-state index in [2.05, 4.69) is 24.3 Å². The first kappa shape index (κ1) is 24.8. The van der Waals surface area contributed by atoms with Gasteiger partial charge in [0.2, 0.25) is 0 Å². The van der Waals surface area contributed by atoms with Crippen LogP contribution in [0.1, 0.15) is 12.8 Å². The molecule has 0 radical (unpaired) electrons. The van der Waals surface area contributed by atoms with Gasteiger partial charge in [0.15, 0.2) is 10.1 Å². The number of alkyl halides is 3. The zero-order valence-electron chi connectivity index (χ0n) is 10.0. The molecule has 9 heteroatoms. The quantitative estimate of drug-likeness (QED) is 0.315. The van der Waals surface area contributed by atoms with Crippen LogP contribution in [-0.2, 0) is 36.3 Å². The van der Waals surface area contributed by atoms with E-state index >= 15 is 0 Å². The Hall–Kier alpha value is -0.167. The minimum Gasteiger partial charge on any atom is -1.00 e. The van der Waals surface area contributed by atoms with Gasteiger partial charge in [-0.15, -0.1) is 12.8 Å². The topological polar surface area (TPSA) is 57.2 Å². The van der Waals surface area contributed by atoms with Crippen molar-refractivity contribution in [2.24, 2.45) is 0 Å². The average Bonchev–Trinajstić information content (AvgIpc) is 2.95.